The zero-order chi connectivity index (χ0) is 19.2. The van der Waals surface area contributed by atoms with Gasteiger partial charge in [-0.2, -0.15) is 0 Å². The summed E-state index contributed by atoms with van der Waals surface area (Å²) in [5.41, 5.74) is 8.01. The van der Waals surface area contributed by atoms with Crippen LogP contribution in [-0.2, 0) is 22.6 Å². The molecular weight excluding hydrogens is 332 g/mol. The van der Waals surface area contributed by atoms with Gasteiger partial charge in [-0.3, -0.25) is 0 Å². The van der Waals surface area contributed by atoms with Crippen molar-refractivity contribution >= 4 is 12.1 Å². The van der Waals surface area contributed by atoms with Gasteiger partial charge in [0.25, 0.3) is 0 Å². The number of rotatable bonds is 7. The van der Waals surface area contributed by atoms with E-state index in [9.17, 15) is 14.7 Å². The summed E-state index contributed by atoms with van der Waals surface area (Å²) in [4.78, 5) is 23.0. The second-order valence-corrected chi connectivity index (χ2v) is 5.28. The summed E-state index contributed by atoms with van der Waals surface area (Å²) >= 11 is 0. The molecule has 6 heteroatoms. The molecule has 0 aliphatic rings. The predicted molar refractivity (Wildman–Crippen MR) is 101 cm³/mol. The summed E-state index contributed by atoms with van der Waals surface area (Å²) in [5, 5.41) is 11.6. The van der Waals surface area contributed by atoms with Crippen LogP contribution in [0, 0.1) is 0 Å². The maximum atomic E-state index is 11.7. The second kappa shape index (κ2) is 12.3. The van der Waals surface area contributed by atoms with E-state index in [1.165, 1.54) is 0 Å². The topological polar surface area (TPSA) is 99.4 Å². The molecule has 138 valence electrons. The van der Waals surface area contributed by atoms with Gasteiger partial charge in [0.15, 0.2) is 0 Å². The van der Waals surface area contributed by atoms with Gasteiger partial charge in [-0.1, -0.05) is 60.7 Å². The minimum atomic E-state index is -1.10. The highest BCUT2D eigenvalue weighted by molar-refractivity contribution is 5.80. The molecule has 3 N–H and O–H groups in total. The van der Waals surface area contributed by atoms with E-state index in [1.807, 2.05) is 60.7 Å². The lowest BCUT2D eigenvalue weighted by Crippen LogP contribution is -2.42. The zero-order valence-electron chi connectivity index (χ0n) is 14.4. The Kier molecular flexibility index (Phi) is 9.88. The highest BCUT2D eigenvalue weighted by Crippen LogP contribution is 2.05. The van der Waals surface area contributed by atoms with Crippen LogP contribution in [0.2, 0.25) is 0 Å². The molecule has 0 spiro atoms. The van der Waals surface area contributed by atoms with Crippen molar-refractivity contribution in [2.45, 2.75) is 19.1 Å². The van der Waals surface area contributed by atoms with Gasteiger partial charge < -0.3 is 20.9 Å². The number of alkyl carbamates (subject to hydrolysis) is 1. The molecule has 0 aromatic heterocycles. The number of amides is 1. The van der Waals surface area contributed by atoms with Gasteiger partial charge in [-0.05, 0) is 11.1 Å². The van der Waals surface area contributed by atoms with Crippen LogP contribution in [0.25, 0.3) is 5.73 Å². The summed E-state index contributed by atoms with van der Waals surface area (Å²) in [6.45, 7) is 3.73. The molecule has 2 aromatic carbocycles. The van der Waals surface area contributed by atoms with Crippen molar-refractivity contribution in [2.75, 3.05) is 6.54 Å². The Hall–Kier alpha value is -3.12. The Bertz CT molecular complexity index is 675. The van der Waals surface area contributed by atoms with Gasteiger partial charge in [-0.25, -0.2) is 9.59 Å². The Labute approximate surface area is 153 Å². The van der Waals surface area contributed by atoms with E-state index < -0.39 is 18.1 Å². The van der Waals surface area contributed by atoms with Crippen molar-refractivity contribution in [3.63, 3.8) is 0 Å². The third kappa shape index (κ3) is 8.65. The smallest absolute Gasteiger partial charge is 0.408 e. The molecule has 2 rings (SSSR count). The minimum absolute atomic E-state index is 0.102. The molecule has 1 atom stereocenters. The summed E-state index contributed by atoms with van der Waals surface area (Å²) in [6.07, 6.45) is 1.00. The molecule has 0 saturated carbocycles. The molecular formula is C20H23N2O4-. The zero-order valence-corrected chi connectivity index (χ0v) is 14.4. The van der Waals surface area contributed by atoms with E-state index in [2.05, 4.69) is 11.9 Å². The summed E-state index contributed by atoms with van der Waals surface area (Å²) < 4.78 is 5.03. The van der Waals surface area contributed by atoms with Gasteiger partial charge >= 0.3 is 12.1 Å². The van der Waals surface area contributed by atoms with Crippen molar-refractivity contribution in [3.8, 4) is 0 Å². The quantitative estimate of drug-likeness (QED) is 0.737. The molecule has 0 heterocycles. The first-order valence-corrected chi connectivity index (χ1v) is 8.06. The molecule has 0 aliphatic carbocycles. The number of benzene rings is 2. The van der Waals surface area contributed by atoms with Crippen molar-refractivity contribution in [3.05, 3.63) is 90.2 Å². The summed E-state index contributed by atoms with van der Waals surface area (Å²) in [6, 6.07) is 17.3. The lowest BCUT2D eigenvalue weighted by Gasteiger charge is -2.14. The Morgan fingerprint density at radius 3 is 2.04 bits per heavy atom. The third-order valence-corrected chi connectivity index (χ3v) is 3.23. The van der Waals surface area contributed by atoms with Gasteiger partial charge in [0.1, 0.15) is 12.6 Å². The highest BCUT2D eigenvalue weighted by atomic mass is 16.5. The number of carboxylic acid groups (broad SMARTS) is 1. The molecule has 0 unspecified atom stereocenters. The lowest BCUT2D eigenvalue weighted by atomic mass is 10.1. The fourth-order valence-corrected chi connectivity index (χ4v) is 1.96. The van der Waals surface area contributed by atoms with Crippen LogP contribution < -0.4 is 5.32 Å². The van der Waals surface area contributed by atoms with Crippen molar-refractivity contribution in [2.24, 2.45) is 0 Å². The average Bonchev–Trinajstić information content (AvgIpc) is 2.67. The Morgan fingerprint density at radius 1 is 1.08 bits per heavy atom. The maximum absolute atomic E-state index is 11.7. The van der Waals surface area contributed by atoms with E-state index in [0.29, 0.717) is 6.54 Å². The van der Waals surface area contributed by atoms with Gasteiger partial charge in [0, 0.05) is 6.42 Å². The lowest BCUT2D eigenvalue weighted by molar-refractivity contribution is -0.139. The van der Waals surface area contributed by atoms with E-state index in [0.717, 1.165) is 11.1 Å². The molecule has 0 saturated heterocycles. The Balaban J connectivity index is 0.000000765. The number of nitrogens with one attached hydrogen (secondary N) is 2. The van der Waals surface area contributed by atoms with Crippen molar-refractivity contribution in [1.82, 2.24) is 5.32 Å². The van der Waals surface area contributed by atoms with E-state index in [1.54, 1.807) is 6.08 Å². The monoisotopic (exact) mass is 355 g/mol. The molecule has 6 nitrogen and oxygen atoms in total. The van der Waals surface area contributed by atoms with Crippen LogP contribution >= 0.6 is 0 Å². The summed E-state index contributed by atoms with van der Waals surface area (Å²) in [7, 11) is 0. The van der Waals surface area contributed by atoms with Crippen LogP contribution in [0.5, 0.6) is 0 Å². The van der Waals surface area contributed by atoms with Crippen molar-refractivity contribution in [1.29, 1.82) is 0 Å². The molecule has 2 aromatic rings. The molecule has 0 aliphatic heterocycles. The van der Waals surface area contributed by atoms with Gasteiger partial charge in [0.05, 0.1) is 0 Å². The fraction of sp³-hybridized carbons (Fsp3) is 0.200. The molecule has 0 bridgehead atoms. The maximum Gasteiger partial charge on any atom is 0.408 e. The van der Waals surface area contributed by atoms with Crippen LogP contribution in [0.3, 0.4) is 0 Å². The number of ether oxygens (including phenoxy) is 1. The van der Waals surface area contributed by atoms with Gasteiger partial charge in [-0.15, -0.1) is 19.2 Å². The molecule has 26 heavy (non-hydrogen) atoms. The highest BCUT2D eigenvalue weighted by Gasteiger charge is 2.21. The molecule has 0 radical (unpaired) electrons. The first-order valence-electron chi connectivity index (χ1n) is 8.06. The van der Waals surface area contributed by atoms with Crippen LogP contribution in [0.1, 0.15) is 11.1 Å². The SMILES string of the molecule is C=CC[NH-].O=C(N[C@@H](Cc1ccccc1)C(=O)O)OCc1ccccc1. The van der Waals surface area contributed by atoms with E-state index >= 15 is 0 Å². The van der Waals surface area contributed by atoms with Crippen LogP contribution in [0.4, 0.5) is 4.79 Å². The fourth-order valence-electron chi connectivity index (χ4n) is 1.96. The number of hydrogen-bond acceptors (Lipinski definition) is 3. The minimum Gasteiger partial charge on any atom is -0.674 e. The largest absolute Gasteiger partial charge is 0.674 e. The summed E-state index contributed by atoms with van der Waals surface area (Å²) in [5.74, 6) is -1.10. The third-order valence-electron chi connectivity index (χ3n) is 3.23. The van der Waals surface area contributed by atoms with E-state index in [4.69, 9.17) is 10.5 Å². The van der Waals surface area contributed by atoms with Gasteiger partial charge in [0.2, 0.25) is 0 Å². The molecule has 0 fully saturated rings. The van der Waals surface area contributed by atoms with Crippen LogP contribution in [0.15, 0.2) is 73.3 Å². The number of carbonyl (C=O) groups is 2. The van der Waals surface area contributed by atoms with Crippen LogP contribution in [-0.4, -0.2) is 29.8 Å². The number of hydrogen-bond donors (Lipinski definition) is 2. The van der Waals surface area contributed by atoms with E-state index in [-0.39, 0.29) is 13.0 Å². The Morgan fingerprint density at radius 2 is 1.58 bits per heavy atom. The first-order chi connectivity index (χ1) is 12.6. The first kappa shape index (κ1) is 20.9. The molecule has 1 amide bonds. The predicted octanol–water partition coefficient (Wildman–Crippen LogP) is 3.83. The average molecular weight is 355 g/mol. The number of carbonyl (C=O) groups excluding carboxylic acids is 1. The second-order valence-electron chi connectivity index (χ2n) is 5.28. The number of aliphatic carboxylic acids is 1. The standard InChI is InChI=1S/C17H17NO4.C3H6N/c19-16(20)15(11-13-7-3-1-4-8-13)18-17(21)22-12-14-9-5-2-6-10-14;1-2-3-4/h1-10,15H,11-12H2,(H,18,21)(H,19,20);2,4H,1,3H2/q;-1/t15-;/m0./s1. The normalized spacial score (nSPS) is 10.7. The number of carboxylic acids is 1. The van der Waals surface area contributed by atoms with Crippen molar-refractivity contribution < 1.29 is 19.4 Å².